The van der Waals surface area contributed by atoms with Gasteiger partial charge in [0.2, 0.25) is 0 Å². The van der Waals surface area contributed by atoms with Crippen LogP contribution in [0.15, 0.2) is 47.4 Å². The first-order valence-electron chi connectivity index (χ1n) is 8.11. The fraction of sp³-hybridized carbons (Fsp3) is 0.150. The Morgan fingerprint density at radius 3 is 2.54 bits per heavy atom. The van der Waals surface area contributed by atoms with Crippen LogP contribution in [-0.4, -0.2) is 21.3 Å². The summed E-state index contributed by atoms with van der Waals surface area (Å²) in [4.78, 5) is 26.1. The molecule has 1 heterocycles. The molecule has 2 aromatic carbocycles. The average molecular weight is 383 g/mol. The predicted molar refractivity (Wildman–Crippen MR) is 110 cm³/mol. The number of nitrogens with zero attached hydrogens (tertiary/aromatic N) is 1. The first-order valence-corrected chi connectivity index (χ1v) is 9.34. The van der Waals surface area contributed by atoms with Gasteiger partial charge in [-0.1, -0.05) is 61.2 Å². The lowest BCUT2D eigenvalue weighted by molar-refractivity contribution is -0.113. The number of hydrogen-bond acceptors (Lipinski definition) is 4. The highest BCUT2D eigenvalue weighted by molar-refractivity contribution is 8.27. The molecule has 3 rings (SSSR count). The molecule has 0 saturated carbocycles. The van der Waals surface area contributed by atoms with Crippen LogP contribution in [0.5, 0.6) is 0 Å². The third-order valence-electron chi connectivity index (χ3n) is 4.19. The molecule has 26 heavy (non-hydrogen) atoms. The molecular formula is C20H17NO3S2. The first-order chi connectivity index (χ1) is 12.4. The molecule has 1 saturated heterocycles. The number of carbonyl (C=O) groups is 2. The van der Waals surface area contributed by atoms with Gasteiger partial charge in [-0.25, -0.2) is 4.79 Å². The molecule has 1 aliphatic rings. The van der Waals surface area contributed by atoms with E-state index in [1.54, 1.807) is 19.1 Å². The van der Waals surface area contributed by atoms with Gasteiger partial charge in [0, 0.05) is 0 Å². The minimum atomic E-state index is -1.03. The van der Waals surface area contributed by atoms with Crippen molar-refractivity contribution in [2.75, 3.05) is 4.90 Å². The highest BCUT2D eigenvalue weighted by atomic mass is 32.2. The molecular weight excluding hydrogens is 366 g/mol. The molecule has 0 unspecified atom stereocenters. The fourth-order valence-electron chi connectivity index (χ4n) is 2.67. The summed E-state index contributed by atoms with van der Waals surface area (Å²) in [6.45, 7) is 3.81. The van der Waals surface area contributed by atoms with Crippen molar-refractivity contribution in [2.45, 2.75) is 20.3 Å². The van der Waals surface area contributed by atoms with Crippen LogP contribution in [0.1, 0.15) is 34.0 Å². The Labute approximate surface area is 161 Å². The van der Waals surface area contributed by atoms with Crippen LogP contribution in [0.3, 0.4) is 0 Å². The number of thioether (sulfide) groups is 1. The zero-order chi connectivity index (χ0) is 18.8. The maximum atomic E-state index is 12.8. The van der Waals surface area contributed by atoms with E-state index in [1.807, 2.05) is 30.3 Å². The summed E-state index contributed by atoms with van der Waals surface area (Å²) in [5.74, 6) is -1.26. The summed E-state index contributed by atoms with van der Waals surface area (Å²) in [5, 5.41) is 9.30. The van der Waals surface area contributed by atoms with Gasteiger partial charge in [-0.2, -0.15) is 0 Å². The predicted octanol–water partition coefficient (Wildman–Crippen LogP) is 4.66. The van der Waals surface area contributed by atoms with Crippen molar-refractivity contribution in [3.8, 4) is 0 Å². The van der Waals surface area contributed by atoms with Gasteiger partial charge in [0.25, 0.3) is 5.91 Å². The van der Waals surface area contributed by atoms with Crippen molar-refractivity contribution in [2.24, 2.45) is 0 Å². The molecule has 1 amide bonds. The SMILES string of the molecule is CCc1ccc(C=C2SC(=S)N(c3ccc(C)c(C(=O)O)c3)C2=O)cc1. The van der Waals surface area contributed by atoms with Crippen molar-refractivity contribution >= 4 is 51.9 Å². The molecule has 132 valence electrons. The third kappa shape index (κ3) is 3.57. The van der Waals surface area contributed by atoms with Crippen LogP contribution in [0.25, 0.3) is 6.08 Å². The molecule has 1 fully saturated rings. The van der Waals surface area contributed by atoms with E-state index >= 15 is 0 Å². The van der Waals surface area contributed by atoms with Gasteiger partial charge in [0.15, 0.2) is 4.32 Å². The Bertz CT molecular complexity index is 933. The van der Waals surface area contributed by atoms with Crippen LogP contribution in [0, 0.1) is 6.92 Å². The van der Waals surface area contributed by atoms with Crippen LogP contribution < -0.4 is 4.90 Å². The summed E-state index contributed by atoms with van der Waals surface area (Å²) in [6, 6.07) is 12.9. The average Bonchev–Trinajstić information content (AvgIpc) is 2.89. The summed E-state index contributed by atoms with van der Waals surface area (Å²) >= 11 is 6.58. The van der Waals surface area contributed by atoms with Gasteiger partial charge < -0.3 is 5.11 Å². The fourth-order valence-corrected chi connectivity index (χ4v) is 3.97. The van der Waals surface area contributed by atoms with Gasteiger partial charge in [0.1, 0.15) is 0 Å². The van der Waals surface area contributed by atoms with Crippen LogP contribution in [0.2, 0.25) is 0 Å². The number of thiocarbonyl (C=S) groups is 1. The van der Waals surface area contributed by atoms with Crippen molar-refractivity contribution < 1.29 is 14.7 Å². The van der Waals surface area contributed by atoms with Crippen molar-refractivity contribution in [3.63, 3.8) is 0 Å². The van der Waals surface area contributed by atoms with Crippen LogP contribution >= 0.6 is 24.0 Å². The topological polar surface area (TPSA) is 57.6 Å². The number of carboxylic acids is 1. The number of carbonyl (C=O) groups excluding carboxylic acids is 1. The maximum Gasteiger partial charge on any atom is 0.336 e. The molecule has 0 aromatic heterocycles. The molecule has 0 atom stereocenters. The van der Waals surface area contributed by atoms with E-state index in [9.17, 15) is 14.7 Å². The number of carboxylic acid groups (broad SMARTS) is 1. The number of hydrogen-bond donors (Lipinski definition) is 1. The van der Waals surface area contributed by atoms with Crippen molar-refractivity contribution in [3.05, 3.63) is 69.6 Å². The summed E-state index contributed by atoms with van der Waals surface area (Å²) in [5.41, 5.74) is 3.43. The minimum absolute atomic E-state index is 0.163. The van der Waals surface area contributed by atoms with Crippen LogP contribution in [0.4, 0.5) is 5.69 Å². The molecule has 1 aliphatic heterocycles. The number of aromatic carboxylic acids is 1. The van der Waals surface area contributed by atoms with Gasteiger partial charge in [-0.15, -0.1) is 0 Å². The Hall–Kier alpha value is -2.44. The smallest absolute Gasteiger partial charge is 0.336 e. The Morgan fingerprint density at radius 2 is 1.92 bits per heavy atom. The van der Waals surface area contributed by atoms with Gasteiger partial charge in [0.05, 0.1) is 16.2 Å². The number of aryl methyl sites for hydroxylation is 2. The van der Waals surface area contributed by atoms with Gasteiger partial charge in [-0.3, -0.25) is 9.69 Å². The Morgan fingerprint density at radius 1 is 1.23 bits per heavy atom. The molecule has 4 nitrogen and oxygen atoms in total. The number of benzene rings is 2. The lowest BCUT2D eigenvalue weighted by Crippen LogP contribution is -2.27. The summed E-state index contributed by atoms with van der Waals surface area (Å²) in [7, 11) is 0. The molecule has 2 aromatic rings. The molecule has 6 heteroatoms. The van der Waals surface area contributed by atoms with Crippen molar-refractivity contribution in [1.29, 1.82) is 0 Å². The van der Waals surface area contributed by atoms with E-state index < -0.39 is 5.97 Å². The summed E-state index contributed by atoms with van der Waals surface area (Å²) in [6.07, 6.45) is 2.77. The van der Waals surface area contributed by atoms with E-state index in [0.29, 0.717) is 20.5 Å². The number of anilines is 1. The molecule has 0 aliphatic carbocycles. The zero-order valence-electron chi connectivity index (χ0n) is 14.4. The van der Waals surface area contributed by atoms with E-state index in [-0.39, 0.29) is 11.5 Å². The largest absolute Gasteiger partial charge is 0.478 e. The third-order valence-corrected chi connectivity index (χ3v) is 5.49. The van der Waals surface area contributed by atoms with Gasteiger partial charge >= 0.3 is 5.97 Å². The van der Waals surface area contributed by atoms with E-state index in [2.05, 4.69) is 6.92 Å². The highest BCUT2D eigenvalue weighted by Crippen LogP contribution is 2.36. The normalized spacial score (nSPS) is 15.8. The lowest BCUT2D eigenvalue weighted by atomic mass is 10.1. The maximum absolute atomic E-state index is 12.8. The lowest BCUT2D eigenvalue weighted by Gasteiger charge is -2.15. The molecule has 0 spiro atoms. The molecule has 1 N–H and O–H groups in total. The number of amides is 1. The van der Waals surface area contributed by atoms with Crippen molar-refractivity contribution in [1.82, 2.24) is 0 Å². The second-order valence-electron chi connectivity index (χ2n) is 5.92. The summed E-state index contributed by atoms with van der Waals surface area (Å²) < 4.78 is 0.395. The molecule has 0 radical (unpaired) electrons. The van der Waals surface area contributed by atoms with E-state index in [4.69, 9.17) is 12.2 Å². The van der Waals surface area contributed by atoms with E-state index in [0.717, 1.165) is 12.0 Å². The standard InChI is InChI=1S/C20H17NO3S2/c1-3-13-5-7-14(8-6-13)10-17-18(22)21(20(25)26-17)15-9-4-12(2)16(11-15)19(23)24/h4-11H,3H2,1-2H3,(H,23,24). The van der Waals surface area contributed by atoms with E-state index in [1.165, 1.54) is 28.3 Å². The highest BCUT2D eigenvalue weighted by Gasteiger charge is 2.33. The first kappa shape index (κ1) is 18.4. The Kier molecular flexibility index (Phi) is 5.25. The number of rotatable bonds is 4. The van der Waals surface area contributed by atoms with Gasteiger partial charge in [-0.05, 0) is 48.2 Å². The zero-order valence-corrected chi connectivity index (χ0v) is 16.0. The second kappa shape index (κ2) is 7.43. The quantitative estimate of drug-likeness (QED) is 0.615. The minimum Gasteiger partial charge on any atom is -0.478 e. The van der Waals surface area contributed by atoms with Crippen LogP contribution in [-0.2, 0) is 11.2 Å². The molecule has 0 bridgehead atoms. The second-order valence-corrected chi connectivity index (χ2v) is 7.59. The Balaban J connectivity index is 1.92. The monoisotopic (exact) mass is 383 g/mol.